The second-order valence-corrected chi connectivity index (χ2v) is 7.35. The fourth-order valence-electron chi connectivity index (χ4n) is 3.53. The van der Waals surface area contributed by atoms with E-state index in [1.165, 1.54) is 43.1 Å². The maximum absolute atomic E-state index is 11.1. The second kappa shape index (κ2) is 13.1. The molecule has 0 amide bonds. The Morgan fingerprint density at radius 1 is 1.03 bits per heavy atom. The van der Waals surface area contributed by atoms with Gasteiger partial charge in [-0.1, -0.05) is 36.4 Å². The zero-order valence-corrected chi connectivity index (χ0v) is 20.2. The van der Waals surface area contributed by atoms with Gasteiger partial charge in [0.15, 0.2) is 5.96 Å². The van der Waals surface area contributed by atoms with Crippen molar-refractivity contribution in [3.05, 3.63) is 69.8 Å². The summed E-state index contributed by atoms with van der Waals surface area (Å²) >= 11 is 0. The Bertz CT molecular complexity index is 853. The first kappa shape index (κ1) is 24.9. The first-order chi connectivity index (χ1) is 14.7. The van der Waals surface area contributed by atoms with Crippen molar-refractivity contribution in [2.45, 2.75) is 25.9 Å². The molecule has 1 heterocycles. The van der Waals surface area contributed by atoms with Gasteiger partial charge in [-0.15, -0.1) is 24.0 Å². The van der Waals surface area contributed by atoms with Crippen LogP contribution < -0.4 is 16.0 Å². The zero-order chi connectivity index (χ0) is 21.2. The number of aliphatic imine (C=N–C) groups is 1. The van der Waals surface area contributed by atoms with Crippen LogP contribution in [0.15, 0.2) is 53.5 Å². The molecular weight excluding hydrogens is 507 g/mol. The van der Waals surface area contributed by atoms with Crippen molar-refractivity contribution in [1.82, 2.24) is 15.5 Å². The lowest BCUT2D eigenvalue weighted by atomic mass is 10.1. The maximum Gasteiger partial charge on any atom is 0.292 e. The molecule has 0 aromatic heterocycles. The highest BCUT2D eigenvalue weighted by molar-refractivity contribution is 14.0. The summed E-state index contributed by atoms with van der Waals surface area (Å²) in [6.45, 7) is 5.25. The van der Waals surface area contributed by atoms with Gasteiger partial charge in [-0.2, -0.15) is 0 Å². The van der Waals surface area contributed by atoms with Gasteiger partial charge in [0.1, 0.15) is 5.69 Å². The molecule has 8 nitrogen and oxygen atoms in total. The van der Waals surface area contributed by atoms with E-state index in [9.17, 15) is 10.1 Å². The normalized spacial score (nSPS) is 14.0. The molecule has 2 aromatic carbocycles. The molecule has 31 heavy (non-hydrogen) atoms. The molecule has 0 aliphatic carbocycles. The number of nitro benzene ring substituents is 1. The molecule has 3 N–H and O–H groups in total. The maximum atomic E-state index is 11.1. The number of rotatable bonds is 9. The van der Waals surface area contributed by atoms with Crippen LogP contribution in [-0.4, -0.2) is 49.0 Å². The minimum absolute atomic E-state index is 0. The van der Waals surface area contributed by atoms with Crippen LogP contribution in [0, 0.1) is 10.1 Å². The van der Waals surface area contributed by atoms with Crippen molar-refractivity contribution < 1.29 is 4.92 Å². The minimum atomic E-state index is -0.382. The first-order valence-corrected chi connectivity index (χ1v) is 10.4. The monoisotopic (exact) mass is 538 g/mol. The van der Waals surface area contributed by atoms with Crippen LogP contribution in [0.25, 0.3) is 0 Å². The molecule has 0 saturated carbocycles. The average Bonchev–Trinajstić information content (AvgIpc) is 3.27. The van der Waals surface area contributed by atoms with Crippen LogP contribution in [0.1, 0.15) is 24.0 Å². The second-order valence-electron chi connectivity index (χ2n) is 7.35. The van der Waals surface area contributed by atoms with E-state index in [2.05, 4.69) is 50.1 Å². The molecule has 1 aliphatic rings. The van der Waals surface area contributed by atoms with Gasteiger partial charge in [0.05, 0.1) is 4.92 Å². The zero-order valence-electron chi connectivity index (χ0n) is 17.8. The molecular formula is C22H31IN6O2. The lowest BCUT2D eigenvalue weighted by molar-refractivity contribution is -0.384. The number of anilines is 1. The van der Waals surface area contributed by atoms with E-state index in [0.29, 0.717) is 31.3 Å². The Balaban J connectivity index is 0.00000341. The summed E-state index contributed by atoms with van der Waals surface area (Å²) in [5.74, 6) is 0.695. The third-order valence-corrected chi connectivity index (χ3v) is 5.15. The molecule has 0 bridgehead atoms. The topological polar surface area (TPSA) is 94.8 Å². The van der Waals surface area contributed by atoms with E-state index in [1.807, 2.05) is 0 Å². The molecule has 3 rings (SSSR count). The van der Waals surface area contributed by atoms with Crippen molar-refractivity contribution >= 4 is 41.3 Å². The molecule has 1 aliphatic heterocycles. The SMILES string of the molecule is CN=C(NCCNc1ccccc1[N+](=O)[O-])NCc1ccc(CN2CCCC2)cc1.I. The van der Waals surface area contributed by atoms with Crippen LogP contribution in [0.3, 0.4) is 0 Å². The van der Waals surface area contributed by atoms with Crippen LogP contribution in [-0.2, 0) is 13.1 Å². The van der Waals surface area contributed by atoms with Crippen LogP contribution >= 0.6 is 24.0 Å². The Labute approximate surface area is 200 Å². The predicted molar refractivity (Wildman–Crippen MR) is 136 cm³/mol. The Morgan fingerprint density at radius 3 is 2.39 bits per heavy atom. The lowest BCUT2D eigenvalue weighted by Gasteiger charge is -2.15. The molecule has 2 aromatic rings. The molecule has 0 spiro atoms. The van der Waals surface area contributed by atoms with Gasteiger partial charge < -0.3 is 16.0 Å². The third-order valence-electron chi connectivity index (χ3n) is 5.15. The summed E-state index contributed by atoms with van der Waals surface area (Å²) in [5.41, 5.74) is 3.14. The van der Waals surface area contributed by atoms with E-state index in [4.69, 9.17) is 0 Å². The van der Waals surface area contributed by atoms with E-state index in [-0.39, 0.29) is 34.6 Å². The van der Waals surface area contributed by atoms with E-state index in [0.717, 1.165) is 6.54 Å². The van der Waals surface area contributed by atoms with Gasteiger partial charge in [-0.05, 0) is 43.1 Å². The van der Waals surface area contributed by atoms with Crippen molar-refractivity contribution in [3.8, 4) is 0 Å². The predicted octanol–water partition coefficient (Wildman–Crippen LogP) is 3.59. The summed E-state index contributed by atoms with van der Waals surface area (Å²) in [6, 6.07) is 15.3. The summed E-state index contributed by atoms with van der Waals surface area (Å²) in [6.07, 6.45) is 2.62. The van der Waals surface area contributed by atoms with E-state index in [1.54, 1.807) is 25.2 Å². The minimum Gasteiger partial charge on any atom is -0.378 e. The van der Waals surface area contributed by atoms with E-state index < -0.39 is 0 Å². The quantitative estimate of drug-likeness (QED) is 0.113. The molecule has 0 atom stereocenters. The molecule has 0 radical (unpaired) electrons. The number of halogens is 1. The Morgan fingerprint density at radius 2 is 1.71 bits per heavy atom. The third kappa shape index (κ3) is 7.98. The Kier molecular flexibility index (Phi) is 10.5. The fourth-order valence-corrected chi connectivity index (χ4v) is 3.53. The van der Waals surface area contributed by atoms with Gasteiger partial charge >= 0.3 is 0 Å². The average molecular weight is 538 g/mol. The number of nitro groups is 1. The van der Waals surface area contributed by atoms with Crippen LogP contribution in [0.4, 0.5) is 11.4 Å². The van der Waals surface area contributed by atoms with Crippen molar-refractivity contribution in [2.75, 3.05) is 38.5 Å². The number of likely N-dealkylation sites (tertiary alicyclic amines) is 1. The first-order valence-electron chi connectivity index (χ1n) is 10.4. The number of para-hydroxylation sites is 2. The molecule has 1 saturated heterocycles. The number of hydrogen-bond donors (Lipinski definition) is 3. The highest BCUT2D eigenvalue weighted by atomic mass is 127. The number of nitrogens with zero attached hydrogens (tertiary/aromatic N) is 3. The summed E-state index contributed by atoms with van der Waals surface area (Å²) in [4.78, 5) is 17.4. The van der Waals surface area contributed by atoms with Gasteiger partial charge in [0.25, 0.3) is 5.69 Å². The number of nitrogens with one attached hydrogen (secondary N) is 3. The summed E-state index contributed by atoms with van der Waals surface area (Å²) in [5, 5.41) is 20.7. The Hall–Kier alpha value is -2.40. The van der Waals surface area contributed by atoms with E-state index >= 15 is 0 Å². The van der Waals surface area contributed by atoms with Crippen molar-refractivity contribution in [2.24, 2.45) is 4.99 Å². The molecule has 0 unspecified atom stereocenters. The largest absolute Gasteiger partial charge is 0.378 e. The standard InChI is InChI=1S/C22H30N6O2.HI/c1-23-22(25-13-12-24-20-6-2-3-7-21(20)28(29)30)26-16-18-8-10-19(11-9-18)17-27-14-4-5-15-27;/h2-3,6-11,24H,4-5,12-17H2,1H3,(H2,23,25,26);1H. The van der Waals surface area contributed by atoms with Crippen molar-refractivity contribution in [1.29, 1.82) is 0 Å². The number of guanidine groups is 1. The van der Waals surface area contributed by atoms with Crippen molar-refractivity contribution in [3.63, 3.8) is 0 Å². The van der Waals surface area contributed by atoms with Gasteiger partial charge in [-0.25, -0.2) is 0 Å². The van der Waals surface area contributed by atoms with Gasteiger partial charge in [0, 0.05) is 39.3 Å². The molecule has 1 fully saturated rings. The smallest absolute Gasteiger partial charge is 0.292 e. The highest BCUT2D eigenvalue weighted by Crippen LogP contribution is 2.22. The summed E-state index contributed by atoms with van der Waals surface area (Å²) < 4.78 is 0. The number of benzene rings is 2. The summed E-state index contributed by atoms with van der Waals surface area (Å²) in [7, 11) is 1.73. The molecule has 168 valence electrons. The highest BCUT2D eigenvalue weighted by Gasteiger charge is 2.12. The van der Waals surface area contributed by atoms with Crippen LogP contribution in [0.2, 0.25) is 0 Å². The van der Waals surface area contributed by atoms with Gasteiger partial charge in [0.2, 0.25) is 0 Å². The fraction of sp³-hybridized carbons (Fsp3) is 0.409. The lowest BCUT2D eigenvalue weighted by Crippen LogP contribution is -2.39. The number of hydrogen-bond acceptors (Lipinski definition) is 5. The van der Waals surface area contributed by atoms with Gasteiger partial charge in [-0.3, -0.25) is 20.0 Å². The van der Waals surface area contributed by atoms with Crippen LogP contribution in [0.5, 0.6) is 0 Å². The molecule has 9 heteroatoms.